The molecule has 1 rings (SSSR count). The molecule has 0 radical (unpaired) electrons. The van der Waals surface area contributed by atoms with Gasteiger partial charge in [0.2, 0.25) is 0 Å². The number of aromatic nitrogens is 2. The summed E-state index contributed by atoms with van der Waals surface area (Å²) < 4.78 is 4.95. The van der Waals surface area contributed by atoms with Gasteiger partial charge in [0.1, 0.15) is 17.2 Å². The maximum absolute atomic E-state index is 11.5. The zero-order valence-corrected chi connectivity index (χ0v) is 10.9. The highest BCUT2D eigenvalue weighted by atomic mass is 35.5. The van der Waals surface area contributed by atoms with Gasteiger partial charge in [0.05, 0.1) is 18.7 Å². The minimum atomic E-state index is -0.277. The van der Waals surface area contributed by atoms with Crippen LogP contribution in [-0.4, -0.2) is 28.6 Å². The summed E-state index contributed by atoms with van der Waals surface area (Å²) in [5.74, 6) is 0.00368. The highest BCUT2D eigenvalue weighted by molar-refractivity contribution is 6.32. The average Bonchev–Trinajstić information content (AvgIpc) is 2.31. The molecule has 1 N–H and O–H groups in total. The second kappa shape index (κ2) is 6.39. The number of esters is 1. The SMILES string of the molecule is CCOC(=O)[C@@H](C)[C@@H](C)Nc1ncncc1Cl. The predicted molar refractivity (Wildman–Crippen MR) is 65.9 cm³/mol. The van der Waals surface area contributed by atoms with Gasteiger partial charge < -0.3 is 10.1 Å². The molecule has 1 heterocycles. The molecular formula is C11H16ClN3O2. The molecule has 6 heteroatoms. The molecule has 0 unspecified atom stereocenters. The molecule has 0 saturated heterocycles. The number of halogens is 1. The molecule has 0 bridgehead atoms. The summed E-state index contributed by atoms with van der Waals surface area (Å²) in [5, 5.41) is 3.49. The van der Waals surface area contributed by atoms with Crippen LogP contribution in [0.1, 0.15) is 20.8 Å². The van der Waals surface area contributed by atoms with Crippen LogP contribution in [0.15, 0.2) is 12.5 Å². The van der Waals surface area contributed by atoms with E-state index in [2.05, 4.69) is 15.3 Å². The van der Waals surface area contributed by atoms with Crippen LogP contribution in [0.4, 0.5) is 5.82 Å². The van der Waals surface area contributed by atoms with Gasteiger partial charge >= 0.3 is 5.97 Å². The largest absolute Gasteiger partial charge is 0.466 e. The lowest BCUT2D eigenvalue weighted by Gasteiger charge is -2.20. The fraction of sp³-hybridized carbons (Fsp3) is 0.545. The summed E-state index contributed by atoms with van der Waals surface area (Å²) in [6.45, 7) is 5.83. The third-order valence-electron chi connectivity index (χ3n) is 2.44. The van der Waals surface area contributed by atoms with E-state index in [-0.39, 0.29) is 17.9 Å². The standard InChI is InChI=1S/C11H16ClN3O2/c1-4-17-11(16)7(2)8(3)15-10-9(12)5-13-6-14-10/h5-8H,4H2,1-3H3,(H,13,14,15)/t7-,8+/m0/s1. The van der Waals surface area contributed by atoms with Gasteiger partial charge in [0, 0.05) is 6.04 Å². The third-order valence-corrected chi connectivity index (χ3v) is 2.72. The quantitative estimate of drug-likeness (QED) is 0.819. The van der Waals surface area contributed by atoms with Crippen LogP contribution >= 0.6 is 11.6 Å². The van der Waals surface area contributed by atoms with E-state index >= 15 is 0 Å². The van der Waals surface area contributed by atoms with E-state index in [1.165, 1.54) is 12.5 Å². The third kappa shape index (κ3) is 3.85. The summed E-state index contributed by atoms with van der Waals surface area (Å²) >= 11 is 5.91. The number of rotatable bonds is 5. The molecule has 0 aliphatic heterocycles. The van der Waals surface area contributed by atoms with Gasteiger partial charge in [-0.1, -0.05) is 11.6 Å². The maximum atomic E-state index is 11.5. The van der Waals surface area contributed by atoms with E-state index < -0.39 is 0 Å². The molecule has 0 fully saturated rings. The molecule has 2 atom stereocenters. The Balaban J connectivity index is 2.63. The van der Waals surface area contributed by atoms with E-state index in [0.717, 1.165) is 0 Å². The number of carbonyl (C=O) groups excluding carboxylic acids is 1. The van der Waals surface area contributed by atoms with E-state index in [1.54, 1.807) is 13.8 Å². The Kier molecular flexibility index (Phi) is 5.15. The molecule has 17 heavy (non-hydrogen) atoms. The number of ether oxygens (including phenoxy) is 1. The Morgan fingerprint density at radius 3 is 2.88 bits per heavy atom. The Morgan fingerprint density at radius 1 is 1.59 bits per heavy atom. The number of nitrogens with one attached hydrogen (secondary N) is 1. The lowest BCUT2D eigenvalue weighted by molar-refractivity contribution is -0.147. The minimum Gasteiger partial charge on any atom is -0.466 e. The van der Waals surface area contributed by atoms with Crippen molar-refractivity contribution < 1.29 is 9.53 Å². The first-order valence-electron chi connectivity index (χ1n) is 5.45. The molecule has 94 valence electrons. The van der Waals surface area contributed by atoms with Gasteiger partial charge in [0.25, 0.3) is 0 Å². The van der Waals surface area contributed by atoms with Crippen LogP contribution in [0.25, 0.3) is 0 Å². The lowest BCUT2D eigenvalue weighted by Crippen LogP contribution is -2.31. The van der Waals surface area contributed by atoms with Crippen molar-refractivity contribution in [2.45, 2.75) is 26.8 Å². The van der Waals surface area contributed by atoms with Crippen LogP contribution in [0.5, 0.6) is 0 Å². The Hall–Kier alpha value is -1.36. The number of nitrogens with zero attached hydrogens (tertiary/aromatic N) is 2. The summed E-state index contributed by atoms with van der Waals surface area (Å²) in [4.78, 5) is 19.3. The molecule has 0 amide bonds. The van der Waals surface area contributed by atoms with Crippen LogP contribution in [0.2, 0.25) is 5.02 Å². The van der Waals surface area contributed by atoms with Crippen molar-refractivity contribution in [1.82, 2.24) is 9.97 Å². The van der Waals surface area contributed by atoms with Gasteiger partial charge in [0.15, 0.2) is 0 Å². The van der Waals surface area contributed by atoms with Crippen LogP contribution in [0.3, 0.4) is 0 Å². The number of hydrogen-bond donors (Lipinski definition) is 1. The molecule has 0 spiro atoms. The zero-order chi connectivity index (χ0) is 12.8. The van der Waals surface area contributed by atoms with Crippen molar-refractivity contribution in [2.24, 2.45) is 5.92 Å². The molecule has 5 nitrogen and oxygen atoms in total. The molecule has 0 aromatic carbocycles. The number of carbonyl (C=O) groups is 1. The first kappa shape index (κ1) is 13.7. The van der Waals surface area contributed by atoms with E-state index in [4.69, 9.17) is 16.3 Å². The van der Waals surface area contributed by atoms with E-state index in [0.29, 0.717) is 17.4 Å². The normalized spacial score (nSPS) is 13.9. The Bertz CT molecular complexity index is 387. The summed E-state index contributed by atoms with van der Waals surface area (Å²) in [6, 6.07) is -0.124. The number of hydrogen-bond acceptors (Lipinski definition) is 5. The molecule has 0 aliphatic carbocycles. The van der Waals surface area contributed by atoms with Gasteiger partial charge in [-0.3, -0.25) is 4.79 Å². The Labute approximate surface area is 106 Å². The van der Waals surface area contributed by atoms with Gasteiger partial charge in [-0.2, -0.15) is 0 Å². The van der Waals surface area contributed by atoms with Crippen LogP contribution < -0.4 is 5.32 Å². The molecule has 1 aromatic heterocycles. The van der Waals surface area contributed by atoms with Crippen LogP contribution in [-0.2, 0) is 9.53 Å². The van der Waals surface area contributed by atoms with Gasteiger partial charge in [-0.25, -0.2) is 9.97 Å². The molecule has 1 aromatic rings. The first-order valence-corrected chi connectivity index (χ1v) is 5.82. The Morgan fingerprint density at radius 2 is 2.29 bits per heavy atom. The van der Waals surface area contributed by atoms with Crippen molar-refractivity contribution in [3.8, 4) is 0 Å². The van der Waals surface area contributed by atoms with Crippen molar-refractivity contribution in [1.29, 1.82) is 0 Å². The van der Waals surface area contributed by atoms with Crippen molar-refractivity contribution in [3.63, 3.8) is 0 Å². The maximum Gasteiger partial charge on any atom is 0.310 e. The second-order valence-electron chi connectivity index (χ2n) is 3.69. The summed E-state index contributed by atoms with van der Waals surface area (Å²) in [5.41, 5.74) is 0. The van der Waals surface area contributed by atoms with Crippen LogP contribution in [0, 0.1) is 5.92 Å². The smallest absolute Gasteiger partial charge is 0.310 e. The highest BCUT2D eigenvalue weighted by Gasteiger charge is 2.22. The van der Waals surface area contributed by atoms with Gasteiger partial charge in [-0.05, 0) is 20.8 Å². The van der Waals surface area contributed by atoms with Crippen molar-refractivity contribution in [3.05, 3.63) is 17.5 Å². The lowest BCUT2D eigenvalue weighted by atomic mass is 10.0. The van der Waals surface area contributed by atoms with E-state index in [9.17, 15) is 4.79 Å². The zero-order valence-electron chi connectivity index (χ0n) is 10.1. The fourth-order valence-corrected chi connectivity index (χ4v) is 1.40. The first-order chi connectivity index (χ1) is 8.06. The minimum absolute atomic E-state index is 0.124. The molecular weight excluding hydrogens is 242 g/mol. The van der Waals surface area contributed by atoms with Crippen molar-refractivity contribution >= 4 is 23.4 Å². The van der Waals surface area contributed by atoms with Gasteiger partial charge in [-0.15, -0.1) is 0 Å². The van der Waals surface area contributed by atoms with Crippen molar-refractivity contribution in [2.75, 3.05) is 11.9 Å². The van der Waals surface area contributed by atoms with E-state index in [1.807, 2.05) is 6.92 Å². The topological polar surface area (TPSA) is 64.1 Å². The predicted octanol–water partition coefficient (Wildman–Crippen LogP) is 2.13. The summed E-state index contributed by atoms with van der Waals surface area (Å²) in [7, 11) is 0. The molecule has 0 aliphatic rings. The molecule has 0 saturated carbocycles. The fourth-order valence-electron chi connectivity index (χ4n) is 1.24. The highest BCUT2D eigenvalue weighted by Crippen LogP contribution is 2.19. The summed E-state index contributed by atoms with van der Waals surface area (Å²) in [6.07, 6.45) is 2.90. The monoisotopic (exact) mass is 257 g/mol. The average molecular weight is 258 g/mol. The second-order valence-corrected chi connectivity index (χ2v) is 4.10. The number of anilines is 1.